The first kappa shape index (κ1) is 12.1. The maximum Gasteiger partial charge on any atom is 0.0343 e. The first-order valence-corrected chi connectivity index (χ1v) is 5.64. The van der Waals surface area contributed by atoms with E-state index in [1.54, 1.807) is 0 Å². The molecule has 0 heterocycles. The Labute approximate surface area is 92.9 Å². The summed E-state index contributed by atoms with van der Waals surface area (Å²) in [6, 6.07) is 6.49. The number of hydrogen-bond donors (Lipinski definition) is 2. The topological polar surface area (TPSA) is 38.0 Å². The van der Waals surface area contributed by atoms with Gasteiger partial charge in [-0.15, -0.1) is 0 Å². The predicted octanol–water partition coefficient (Wildman–Crippen LogP) is 2.70. The lowest BCUT2D eigenvalue weighted by atomic mass is 10.1. The van der Waals surface area contributed by atoms with Gasteiger partial charge in [0.15, 0.2) is 0 Å². The van der Waals surface area contributed by atoms with Crippen molar-refractivity contribution in [3.63, 3.8) is 0 Å². The van der Waals surface area contributed by atoms with E-state index in [0.29, 0.717) is 5.92 Å². The molecule has 0 aromatic heterocycles. The molecular weight excluding hydrogens is 184 g/mol. The minimum Gasteiger partial charge on any atom is -0.385 e. The average Bonchev–Trinajstić information content (AvgIpc) is 2.20. The molecule has 0 fully saturated rings. The molecule has 0 aliphatic carbocycles. The second-order valence-corrected chi connectivity index (χ2v) is 4.36. The molecule has 15 heavy (non-hydrogen) atoms. The predicted molar refractivity (Wildman–Crippen MR) is 67.2 cm³/mol. The highest BCUT2D eigenvalue weighted by Gasteiger charge is 2.01. The van der Waals surface area contributed by atoms with Crippen LogP contribution in [0.2, 0.25) is 0 Å². The molecule has 0 saturated heterocycles. The molecular formula is C13H22N2. The Bertz CT molecular complexity index is 307. The minimum absolute atomic E-state index is 0.636. The summed E-state index contributed by atoms with van der Waals surface area (Å²) in [7, 11) is 0. The largest absolute Gasteiger partial charge is 0.385 e. The maximum atomic E-state index is 5.51. The summed E-state index contributed by atoms with van der Waals surface area (Å²) in [6.07, 6.45) is 1.08. The Balaban J connectivity index is 2.47. The molecule has 0 aliphatic rings. The molecule has 1 atom stereocenters. The van der Waals surface area contributed by atoms with Crippen molar-refractivity contribution in [3.8, 4) is 0 Å². The van der Waals surface area contributed by atoms with Gasteiger partial charge >= 0.3 is 0 Å². The summed E-state index contributed by atoms with van der Waals surface area (Å²) in [5.74, 6) is 0.636. The van der Waals surface area contributed by atoms with Gasteiger partial charge in [-0.25, -0.2) is 0 Å². The second-order valence-electron chi connectivity index (χ2n) is 4.36. The van der Waals surface area contributed by atoms with Crippen molar-refractivity contribution in [1.82, 2.24) is 0 Å². The highest BCUT2D eigenvalue weighted by atomic mass is 14.9. The summed E-state index contributed by atoms with van der Waals surface area (Å²) in [4.78, 5) is 0. The van der Waals surface area contributed by atoms with E-state index >= 15 is 0 Å². The zero-order valence-corrected chi connectivity index (χ0v) is 10.0. The zero-order valence-electron chi connectivity index (χ0n) is 10.0. The maximum absolute atomic E-state index is 5.51. The number of nitrogens with two attached hydrogens (primary N) is 1. The zero-order chi connectivity index (χ0) is 11.3. The fourth-order valence-corrected chi connectivity index (χ4v) is 1.53. The van der Waals surface area contributed by atoms with Gasteiger partial charge in [0.1, 0.15) is 0 Å². The van der Waals surface area contributed by atoms with Gasteiger partial charge in [0.05, 0.1) is 0 Å². The van der Waals surface area contributed by atoms with Gasteiger partial charge in [-0.3, -0.25) is 0 Å². The van der Waals surface area contributed by atoms with Crippen LogP contribution < -0.4 is 11.1 Å². The Morgan fingerprint density at radius 3 is 2.60 bits per heavy atom. The molecule has 0 saturated carbocycles. The van der Waals surface area contributed by atoms with Gasteiger partial charge in [-0.2, -0.15) is 0 Å². The number of anilines is 1. The van der Waals surface area contributed by atoms with Crippen molar-refractivity contribution in [2.24, 2.45) is 11.7 Å². The highest BCUT2D eigenvalue weighted by molar-refractivity contribution is 5.48. The number of nitrogens with one attached hydrogen (secondary N) is 1. The Hall–Kier alpha value is -1.02. The van der Waals surface area contributed by atoms with Crippen molar-refractivity contribution in [2.45, 2.75) is 27.2 Å². The lowest BCUT2D eigenvalue weighted by Gasteiger charge is -2.13. The second kappa shape index (κ2) is 5.76. The third-order valence-electron chi connectivity index (χ3n) is 2.82. The molecule has 84 valence electrons. The third-order valence-corrected chi connectivity index (χ3v) is 2.82. The highest BCUT2D eigenvalue weighted by Crippen LogP contribution is 2.14. The van der Waals surface area contributed by atoms with Crippen LogP contribution >= 0.6 is 0 Å². The van der Waals surface area contributed by atoms with E-state index in [4.69, 9.17) is 5.73 Å². The fraction of sp³-hybridized carbons (Fsp3) is 0.538. The Kier molecular flexibility index (Phi) is 4.63. The summed E-state index contributed by atoms with van der Waals surface area (Å²) < 4.78 is 0. The first-order chi connectivity index (χ1) is 7.13. The van der Waals surface area contributed by atoms with Crippen molar-refractivity contribution < 1.29 is 0 Å². The molecule has 1 aromatic rings. The van der Waals surface area contributed by atoms with Crippen LogP contribution in [-0.4, -0.2) is 13.1 Å². The van der Waals surface area contributed by atoms with Gasteiger partial charge in [-0.1, -0.05) is 13.0 Å². The summed E-state index contributed by atoms with van der Waals surface area (Å²) in [5.41, 5.74) is 9.41. The van der Waals surface area contributed by atoms with Crippen LogP contribution in [0.1, 0.15) is 24.5 Å². The standard InChI is InChI=1S/C13H22N2/c1-10(6-7-14)9-15-13-5-4-11(2)12(3)8-13/h4-5,8,10,15H,6-7,9,14H2,1-3H3. The molecule has 0 aliphatic heterocycles. The number of hydrogen-bond acceptors (Lipinski definition) is 2. The smallest absolute Gasteiger partial charge is 0.0343 e. The number of benzene rings is 1. The summed E-state index contributed by atoms with van der Waals surface area (Å²) >= 11 is 0. The molecule has 2 nitrogen and oxygen atoms in total. The van der Waals surface area contributed by atoms with E-state index in [9.17, 15) is 0 Å². The van der Waals surface area contributed by atoms with Gasteiger partial charge in [0.25, 0.3) is 0 Å². The number of rotatable bonds is 5. The van der Waals surface area contributed by atoms with Crippen LogP contribution in [0.5, 0.6) is 0 Å². The minimum atomic E-state index is 0.636. The molecule has 0 radical (unpaired) electrons. The van der Waals surface area contributed by atoms with Gasteiger partial charge in [0.2, 0.25) is 0 Å². The van der Waals surface area contributed by atoms with E-state index < -0.39 is 0 Å². The molecule has 1 unspecified atom stereocenters. The van der Waals surface area contributed by atoms with Gasteiger partial charge < -0.3 is 11.1 Å². The summed E-state index contributed by atoms with van der Waals surface area (Å²) in [6.45, 7) is 8.27. The Morgan fingerprint density at radius 2 is 2.00 bits per heavy atom. The Morgan fingerprint density at radius 1 is 1.27 bits per heavy atom. The van der Waals surface area contributed by atoms with E-state index in [-0.39, 0.29) is 0 Å². The molecule has 1 aromatic carbocycles. The van der Waals surface area contributed by atoms with Crippen molar-refractivity contribution >= 4 is 5.69 Å². The lowest BCUT2D eigenvalue weighted by molar-refractivity contribution is 0.568. The number of aryl methyl sites for hydroxylation is 2. The lowest BCUT2D eigenvalue weighted by Crippen LogP contribution is -2.15. The molecule has 0 bridgehead atoms. The SMILES string of the molecule is Cc1ccc(NCC(C)CCN)cc1C. The van der Waals surface area contributed by atoms with E-state index in [1.165, 1.54) is 16.8 Å². The summed E-state index contributed by atoms with van der Waals surface area (Å²) in [5, 5.41) is 3.44. The molecule has 2 heteroatoms. The van der Waals surface area contributed by atoms with E-state index in [1.807, 2.05) is 0 Å². The molecule has 3 N–H and O–H groups in total. The van der Waals surface area contributed by atoms with E-state index in [2.05, 4.69) is 44.3 Å². The monoisotopic (exact) mass is 206 g/mol. The molecule has 0 spiro atoms. The molecule has 1 rings (SSSR count). The first-order valence-electron chi connectivity index (χ1n) is 5.64. The van der Waals surface area contributed by atoms with Crippen LogP contribution in [0.3, 0.4) is 0 Å². The quantitative estimate of drug-likeness (QED) is 0.777. The molecule has 0 amide bonds. The van der Waals surface area contributed by atoms with Crippen LogP contribution in [0.15, 0.2) is 18.2 Å². The van der Waals surface area contributed by atoms with Crippen molar-refractivity contribution in [3.05, 3.63) is 29.3 Å². The van der Waals surface area contributed by atoms with Crippen LogP contribution in [0, 0.1) is 19.8 Å². The van der Waals surface area contributed by atoms with Gasteiger partial charge in [0, 0.05) is 12.2 Å². The fourth-order valence-electron chi connectivity index (χ4n) is 1.53. The van der Waals surface area contributed by atoms with E-state index in [0.717, 1.165) is 19.5 Å². The third kappa shape index (κ3) is 3.92. The normalized spacial score (nSPS) is 12.5. The van der Waals surface area contributed by atoms with Crippen LogP contribution in [0.25, 0.3) is 0 Å². The average molecular weight is 206 g/mol. The van der Waals surface area contributed by atoms with Crippen molar-refractivity contribution in [2.75, 3.05) is 18.4 Å². The van der Waals surface area contributed by atoms with Gasteiger partial charge in [-0.05, 0) is 56.0 Å². The van der Waals surface area contributed by atoms with Crippen LogP contribution in [-0.2, 0) is 0 Å². The van der Waals surface area contributed by atoms with Crippen molar-refractivity contribution in [1.29, 1.82) is 0 Å². The van der Waals surface area contributed by atoms with Crippen LogP contribution in [0.4, 0.5) is 5.69 Å².